The molecule has 0 bridgehead atoms. The van der Waals surface area contributed by atoms with Gasteiger partial charge in [0.1, 0.15) is 5.82 Å². The van der Waals surface area contributed by atoms with Gasteiger partial charge in [0.05, 0.1) is 16.6 Å². The second-order valence-electron chi connectivity index (χ2n) is 8.40. The number of aromatic nitrogens is 2. The van der Waals surface area contributed by atoms with Gasteiger partial charge < -0.3 is 21.7 Å². The minimum absolute atomic E-state index is 0.115. The first-order valence-corrected chi connectivity index (χ1v) is 12.6. The summed E-state index contributed by atoms with van der Waals surface area (Å²) >= 11 is 3.55. The molecule has 0 saturated carbocycles. The largest absolute Gasteiger partial charge is 0.362 e. The van der Waals surface area contributed by atoms with Crippen LogP contribution in [0.4, 0.5) is 23.1 Å². The van der Waals surface area contributed by atoms with E-state index in [-0.39, 0.29) is 11.9 Å². The summed E-state index contributed by atoms with van der Waals surface area (Å²) in [6, 6.07) is 26.8. The number of carbonyl (C=O) groups excluding carboxylic acids is 1. The molecule has 5 N–H and O–H groups in total. The fourth-order valence-electron chi connectivity index (χ4n) is 3.80. The van der Waals surface area contributed by atoms with Crippen LogP contribution in [0.3, 0.4) is 0 Å². The number of nitrogens with two attached hydrogens (primary N) is 1. The van der Waals surface area contributed by atoms with Crippen molar-refractivity contribution >= 4 is 45.0 Å². The predicted molar refractivity (Wildman–Crippen MR) is 149 cm³/mol. The van der Waals surface area contributed by atoms with E-state index in [1.807, 2.05) is 72.8 Å². The van der Waals surface area contributed by atoms with Gasteiger partial charge in [0.15, 0.2) is 0 Å². The van der Waals surface area contributed by atoms with E-state index in [1.54, 1.807) is 6.20 Å². The topological polar surface area (TPSA) is 105 Å². The molecule has 0 fully saturated rings. The second kappa shape index (κ2) is 12.3. The van der Waals surface area contributed by atoms with Crippen LogP contribution in [0.25, 0.3) is 0 Å². The number of carbonyl (C=O) groups is 1. The van der Waals surface area contributed by atoms with E-state index >= 15 is 0 Å². The van der Waals surface area contributed by atoms with Gasteiger partial charge in [-0.15, -0.1) is 0 Å². The normalized spacial score (nSPS) is 12.4. The maximum atomic E-state index is 12.6. The average molecular weight is 545 g/mol. The van der Waals surface area contributed by atoms with Crippen LogP contribution in [-0.4, -0.2) is 21.9 Å². The second-order valence-corrected chi connectivity index (χ2v) is 9.25. The van der Waals surface area contributed by atoms with Gasteiger partial charge >= 0.3 is 0 Å². The minimum Gasteiger partial charge on any atom is -0.362 e. The number of nitrogens with one attached hydrogen (secondary N) is 3. The Morgan fingerprint density at radius 3 is 2.39 bits per heavy atom. The van der Waals surface area contributed by atoms with Crippen LogP contribution in [0.5, 0.6) is 0 Å². The Morgan fingerprint density at radius 2 is 1.67 bits per heavy atom. The van der Waals surface area contributed by atoms with Gasteiger partial charge in [0.25, 0.3) is 0 Å². The summed E-state index contributed by atoms with van der Waals surface area (Å²) in [5, 5.41) is 9.62. The van der Waals surface area contributed by atoms with Crippen LogP contribution in [-0.2, 0) is 11.2 Å². The van der Waals surface area contributed by atoms with Crippen LogP contribution in [0, 0.1) is 0 Å². The van der Waals surface area contributed by atoms with Crippen LogP contribution < -0.4 is 21.7 Å². The summed E-state index contributed by atoms with van der Waals surface area (Å²) in [7, 11) is 0. The first-order chi connectivity index (χ1) is 17.5. The third-order valence-corrected chi connectivity index (χ3v) is 6.27. The van der Waals surface area contributed by atoms with Crippen molar-refractivity contribution in [1.82, 2.24) is 9.97 Å². The highest BCUT2D eigenvalue weighted by atomic mass is 79.9. The highest BCUT2D eigenvalue weighted by molar-refractivity contribution is 9.10. The fraction of sp³-hybridized carbons (Fsp3) is 0.179. The molecular formula is C28H29BrN6O. The fourth-order valence-corrected chi connectivity index (χ4v) is 4.11. The standard InChI is InChI=1S/C28H29BrN6O/c1-2-25(20-12-7-4-8-13-20)34-26-23(29)18-31-28(35-26)33-22-15-9-14-21(17-22)32-27(36)24(30)16-19-10-5-3-6-11-19/h3-15,17-18,24-25H,2,16,30H2,1H3,(H,32,36)(H2,31,33,34,35). The molecule has 4 rings (SSSR count). The lowest BCUT2D eigenvalue weighted by Crippen LogP contribution is -2.37. The molecule has 0 spiro atoms. The number of amides is 1. The van der Waals surface area contributed by atoms with E-state index in [0.717, 1.165) is 22.1 Å². The van der Waals surface area contributed by atoms with Gasteiger partial charge in [-0.3, -0.25) is 4.79 Å². The number of rotatable bonds is 10. The highest BCUT2D eigenvalue weighted by Gasteiger charge is 2.15. The maximum absolute atomic E-state index is 12.6. The molecule has 7 nitrogen and oxygen atoms in total. The SMILES string of the molecule is CCC(Nc1nc(Nc2cccc(NC(=O)C(N)Cc3ccccc3)c2)ncc1Br)c1ccccc1. The van der Waals surface area contributed by atoms with Crippen molar-refractivity contribution in [2.45, 2.75) is 31.8 Å². The molecule has 36 heavy (non-hydrogen) atoms. The van der Waals surface area contributed by atoms with Crippen LogP contribution in [0.1, 0.15) is 30.5 Å². The number of hydrogen-bond acceptors (Lipinski definition) is 6. The Balaban J connectivity index is 1.42. The van der Waals surface area contributed by atoms with Crippen molar-refractivity contribution in [3.63, 3.8) is 0 Å². The summed E-state index contributed by atoms with van der Waals surface area (Å²) in [4.78, 5) is 21.7. The number of nitrogens with zero attached hydrogens (tertiary/aromatic N) is 2. The maximum Gasteiger partial charge on any atom is 0.241 e. The lowest BCUT2D eigenvalue weighted by Gasteiger charge is -2.19. The molecule has 0 aliphatic heterocycles. The Morgan fingerprint density at radius 1 is 0.972 bits per heavy atom. The molecule has 184 valence electrons. The highest BCUT2D eigenvalue weighted by Crippen LogP contribution is 2.28. The number of benzene rings is 3. The smallest absolute Gasteiger partial charge is 0.241 e. The van der Waals surface area contributed by atoms with Crippen molar-refractivity contribution in [1.29, 1.82) is 0 Å². The van der Waals surface area contributed by atoms with E-state index in [0.29, 0.717) is 23.9 Å². The van der Waals surface area contributed by atoms with Gasteiger partial charge in [-0.05, 0) is 58.1 Å². The lowest BCUT2D eigenvalue weighted by molar-refractivity contribution is -0.117. The Labute approximate surface area is 219 Å². The molecule has 1 heterocycles. The molecule has 0 radical (unpaired) electrons. The van der Waals surface area contributed by atoms with E-state index in [1.165, 1.54) is 5.56 Å². The minimum atomic E-state index is -0.649. The summed E-state index contributed by atoms with van der Waals surface area (Å²) in [6.07, 6.45) is 3.08. The quantitative estimate of drug-likeness (QED) is 0.193. The molecule has 4 aromatic rings. The Kier molecular flexibility index (Phi) is 8.65. The van der Waals surface area contributed by atoms with E-state index < -0.39 is 6.04 Å². The molecule has 1 amide bonds. The number of halogens is 1. The molecule has 0 aliphatic rings. The molecule has 8 heteroatoms. The summed E-state index contributed by atoms with van der Waals surface area (Å²) in [5.74, 6) is 0.890. The van der Waals surface area contributed by atoms with E-state index in [9.17, 15) is 4.79 Å². The van der Waals surface area contributed by atoms with Crippen LogP contribution in [0.15, 0.2) is 95.6 Å². The van der Waals surface area contributed by atoms with Gasteiger partial charge in [0.2, 0.25) is 11.9 Å². The molecule has 0 saturated heterocycles. The molecule has 3 aromatic carbocycles. The molecule has 0 aliphatic carbocycles. The molecule has 2 unspecified atom stereocenters. The van der Waals surface area contributed by atoms with Crippen molar-refractivity contribution in [3.8, 4) is 0 Å². The Bertz CT molecular complexity index is 1290. The average Bonchev–Trinajstić information content (AvgIpc) is 2.90. The summed E-state index contributed by atoms with van der Waals surface area (Å²) in [6.45, 7) is 2.13. The Hall–Kier alpha value is -3.75. The van der Waals surface area contributed by atoms with Gasteiger partial charge in [-0.25, -0.2) is 4.98 Å². The van der Waals surface area contributed by atoms with Gasteiger partial charge in [-0.2, -0.15) is 4.98 Å². The van der Waals surface area contributed by atoms with Gasteiger partial charge in [-0.1, -0.05) is 73.7 Å². The summed E-state index contributed by atoms with van der Waals surface area (Å²) in [5.41, 5.74) is 9.71. The number of anilines is 4. The van der Waals surface area contributed by atoms with Crippen molar-refractivity contribution in [3.05, 3.63) is 107 Å². The summed E-state index contributed by atoms with van der Waals surface area (Å²) < 4.78 is 0.774. The molecular weight excluding hydrogens is 516 g/mol. The van der Waals surface area contributed by atoms with Gasteiger partial charge in [0, 0.05) is 17.6 Å². The first kappa shape index (κ1) is 25.3. The van der Waals surface area contributed by atoms with E-state index in [2.05, 4.69) is 60.9 Å². The zero-order valence-corrected chi connectivity index (χ0v) is 21.6. The molecule has 2 atom stereocenters. The van der Waals surface area contributed by atoms with Crippen LogP contribution >= 0.6 is 15.9 Å². The molecule has 1 aromatic heterocycles. The van der Waals surface area contributed by atoms with Crippen LogP contribution in [0.2, 0.25) is 0 Å². The predicted octanol–water partition coefficient (Wildman–Crippen LogP) is 6.05. The zero-order chi connectivity index (χ0) is 25.3. The van der Waals surface area contributed by atoms with Crippen molar-refractivity contribution in [2.24, 2.45) is 5.73 Å². The monoisotopic (exact) mass is 544 g/mol. The van der Waals surface area contributed by atoms with Crippen molar-refractivity contribution in [2.75, 3.05) is 16.0 Å². The lowest BCUT2D eigenvalue weighted by atomic mass is 10.0. The number of hydrogen-bond donors (Lipinski definition) is 4. The third kappa shape index (κ3) is 6.90. The van der Waals surface area contributed by atoms with E-state index in [4.69, 9.17) is 5.73 Å². The zero-order valence-electron chi connectivity index (χ0n) is 20.0. The van der Waals surface area contributed by atoms with Crippen molar-refractivity contribution < 1.29 is 4.79 Å². The first-order valence-electron chi connectivity index (χ1n) is 11.8. The third-order valence-electron chi connectivity index (χ3n) is 5.69.